The summed E-state index contributed by atoms with van der Waals surface area (Å²) in [6.45, 7) is 1.96. The Balaban J connectivity index is 1.93. The van der Waals surface area contributed by atoms with E-state index in [9.17, 15) is 4.79 Å². The number of aromatic nitrogens is 2. The summed E-state index contributed by atoms with van der Waals surface area (Å²) >= 11 is 5.25. The second-order valence-corrected chi connectivity index (χ2v) is 5.19. The van der Waals surface area contributed by atoms with Gasteiger partial charge in [-0.3, -0.25) is 14.4 Å². The van der Waals surface area contributed by atoms with Gasteiger partial charge in [-0.25, -0.2) is 0 Å². The van der Waals surface area contributed by atoms with E-state index < -0.39 is 0 Å². The van der Waals surface area contributed by atoms with Gasteiger partial charge in [0.1, 0.15) is 5.70 Å². The van der Waals surface area contributed by atoms with Crippen LogP contribution in [0.25, 0.3) is 6.08 Å². The van der Waals surface area contributed by atoms with Crippen LogP contribution in [-0.2, 0) is 11.8 Å². The third-order valence-electron chi connectivity index (χ3n) is 3.32. The van der Waals surface area contributed by atoms with Crippen molar-refractivity contribution in [3.8, 4) is 0 Å². The molecule has 1 aromatic carbocycles. The Morgan fingerprint density at radius 1 is 1.29 bits per heavy atom. The minimum Gasteiger partial charge on any atom is -0.327 e. The van der Waals surface area contributed by atoms with Crippen molar-refractivity contribution in [1.29, 1.82) is 0 Å². The highest BCUT2D eigenvalue weighted by Gasteiger charge is 2.31. The molecule has 2 heterocycles. The lowest BCUT2D eigenvalue weighted by Gasteiger charge is -2.13. The van der Waals surface area contributed by atoms with E-state index in [0.717, 1.165) is 17.1 Å². The lowest BCUT2D eigenvalue weighted by molar-refractivity contribution is -0.113. The second kappa shape index (κ2) is 5.14. The van der Waals surface area contributed by atoms with Crippen molar-refractivity contribution in [3.63, 3.8) is 0 Å². The zero-order chi connectivity index (χ0) is 15.0. The highest BCUT2D eigenvalue weighted by Crippen LogP contribution is 2.21. The Morgan fingerprint density at radius 2 is 2.00 bits per heavy atom. The molecule has 1 amide bonds. The lowest BCUT2D eigenvalue weighted by atomic mass is 10.2. The van der Waals surface area contributed by atoms with Crippen LogP contribution in [0.15, 0.2) is 42.1 Å². The van der Waals surface area contributed by atoms with Gasteiger partial charge in [0.25, 0.3) is 5.91 Å². The van der Waals surface area contributed by atoms with E-state index in [1.54, 1.807) is 10.8 Å². The van der Waals surface area contributed by atoms with E-state index >= 15 is 0 Å². The van der Waals surface area contributed by atoms with E-state index in [-0.39, 0.29) is 5.91 Å². The van der Waals surface area contributed by atoms with Crippen molar-refractivity contribution >= 4 is 35.0 Å². The summed E-state index contributed by atoms with van der Waals surface area (Å²) in [5, 5.41) is 7.65. The van der Waals surface area contributed by atoms with Crippen molar-refractivity contribution < 1.29 is 4.79 Å². The van der Waals surface area contributed by atoms with E-state index in [1.165, 1.54) is 4.90 Å². The third kappa shape index (κ3) is 2.45. The maximum absolute atomic E-state index is 12.5. The molecule has 21 heavy (non-hydrogen) atoms. The number of thiocarbonyl (C=S) groups is 1. The topological polar surface area (TPSA) is 50.2 Å². The molecule has 6 heteroatoms. The number of carbonyl (C=O) groups is 1. The van der Waals surface area contributed by atoms with Gasteiger partial charge >= 0.3 is 0 Å². The molecular formula is C15H14N4OS. The summed E-state index contributed by atoms with van der Waals surface area (Å²) in [7, 11) is 1.86. The third-order valence-corrected chi connectivity index (χ3v) is 3.60. The first-order chi connectivity index (χ1) is 10.1. The fourth-order valence-electron chi connectivity index (χ4n) is 2.15. The van der Waals surface area contributed by atoms with Crippen molar-refractivity contribution in [1.82, 2.24) is 15.1 Å². The molecular weight excluding hydrogens is 284 g/mol. The molecule has 1 aliphatic heterocycles. The Kier molecular flexibility index (Phi) is 3.31. The average molecular weight is 298 g/mol. The van der Waals surface area contributed by atoms with Crippen LogP contribution in [0, 0.1) is 6.92 Å². The summed E-state index contributed by atoms with van der Waals surface area (Å²) < 4.78 is 1.76. The number of benzene rings is 1. The highest BCUT2D eigenvalue weighted by atomic mass is 32.1. The van der Waals surface area contributed by atoms with Gasteiger partial charge < -0.3 is 5.32 Å². The van der Waals surface area contributed by atoms with Gasteiger partial charge in [-0.2, -0.15) is 5.10 Å². The number of amides is 1. The molecule has 0 bridgehead atoms. The molecule has 106 valence electrons. The molecule has 0 atom stereocenters. The SMILES string of the molecule is Cc1cc(/C=C2\NC(=S)N(c3ccccc3)C2=O)nn1C. The Morgan fingerprint density at radius 3 is 2.62 bits per heavy atom. The van der Waals surface area contributed by atoms with Crippen LogP contribution >= 0.6 is 12.2 Å². The van der Waals surface area contributed by atoms with Crippen LogP contribution in [0.1, 0.15) is 11.4 Å². The van der Waals surface area contributed by atoms with E-state index in [0.29, 0.717) is 10.8 Å². The molecule has 1 aromatic heterocycles. The van der Waals surface area contributed by atoms with Gasteiger partial charge in [-0.15, -0.1) is 0 Å². The quantitative estimate of drug-likeness (QED) is 0.680. The van der Waals surface area contributed by atoms with Crippen LogP contribution < -0.4 is 10.2 Å². The first kappa shape index (κ1) is 13.5. The Bertz CT molecular complexity index is 729. The summed E-state index contributed by atoms with van der Waals surface area (Å²) in [4.78, 5) is 14.0. The molecule has 0 saturated carbocycles. The molecule has 0 spiro atoms. The monoisotopic (exact) mass is 298 g/mol. The van der Waals surface area contributed by atoms with Gasteiger partial charge in [-0.05, 0) is 43.4 Å². The van der Waals surface area contributed by atoms with Crippen LogP contribution in [-0.4, -0.2) is 20.8 Å². The number of anilines is 1. The molecule has 0 aliphatic carbocycles. The number of hydrogen-bond donors (Lipinski definition) is 1. The zero-order valence-electron chi connectivity index (χ0n) is 11.7. The minimum absolute atomic E-state index is 0.172. The Labute approximate surface area is 127 Å². The number of rotatable bonds is 2. The standard InChI is InChI=1S/C15H14N4OS/c1-10-8-11(17-18(10)2)9-13-14(20)19(15(21)16-13)12-6-4-3-5-7-12/h3-9H,1-2H3,(H,16,21)/b13-9-. The largest absolute Gasteiger partial charge is 0.327 e. The number of aryl methyl sites for hydroxylation is 2. The molecule has 1 saturated heterocycles. The van der Waals surface area contributed by atoms with Crippen molar-refractivity contribution in [2.75, 3.05) is 4.90 Å². The maximum atomic E-state index is 12.5. The summed E-state index contributed by atoms with van der Waals surface area (Å²) in [6, 6.07) is 11.2. The molecule has 3 rings (SSSR count). The molecule has 0 radical (unpaired) electrons. The zero-order valence-corrected chi connectivity index (χ0v) is 12.5. The van der Waals surface area contributed by atoms with Crippen LogP contribution in [0.2, 0.25) is 0 Å². The average Bonchev–Trinajstić information content (AvgIpc) is 2.91. The summed E-state index contributed by atoms with van der Waals surface area (Å²) in [5.41, 5.74) is 2.93. The molecule has 1 aliphatic rings. The van der Waals surface area contributed by atoms with Crippen molar-refractivity contribution in [2.24, 2.45) is 7.05 Å². The molecule has 2 aromatic rings. The summed E-state index contributed by atoms with van der Waals surface area (Å²) in [6.07, 6.45) is 1.71. The maximum Gasteiger partial charge on any atom is 0.281 e. The van der Waals surface area contributed by atoms with Gasteiger partial charge in [0, 0.05) is 12.7 Å². The van der Waals surface area contributed by atoms with Crippen LogP contribution in [0.5, 0.6) is 0 Å². The van der Waals surface area contributed by atoms with Crippen LogP contribution in [0.3, 0.4) is 0 Å². The van der Waals surface area contributed by atoms with Gasteiger partial charge in [0.2, 0.25) is 0 Å². The summed E-state index contributed by atoms with van der Waals surface area (Å²) in [5.74, 6) is -0.172. The number of carbonyl (C=O) groups excluding carboxylic acids is 1. The molecule has 1 fully saturated rings. The number of hydrogen-bond acceptors (Lipinski definition) is 3. The lowest BCUT2D eigenvalue weighted by Crippen LogP contribution is -2.30. The predicted octanol–water partition coefficient (Wildman–Crippen LogP) is 1.99. The minimum atomic E-state index is -0.172. The van der Waals surface area contributed by atoms with E-state index in [2.05, 4.69) is 10.4 Å². The fourth-order valence-corrected chi connectivity index (χ4v) is 2.45. The molecule has 1 N–H and O–H groups in total. The molecule has 0 unspecified atom stereocenters. The smallest absolute Gasteiger partial charge is 0.281 e. The highest BCUT2D eigenvalue weighted by molar-refractivity contribution is 7.80. The first-order valence-corrected chi connectivity index (χ1v) is 6.90. The number of nitrogens with zero attached hydrogens (tertiary/aromatic N) is 3. The second-order valence-electron chi connectivity index (χ2n) is 4.80. The fraction of sp³-hybridized carbons (Fsp3) is 0.133. The van der Waals surface area contributed by atoms with Crippen molar-refractivity contribution in [3.05, 3.63) is 53.5 Å². The van der Waals surface area contributed by atoms with Gasteiger partial charge in [0.05, 0.1) is 11.4 Å². The first-order valence-electron chi connectivity index (χ1n) is 6.49. The van der Waals surface area contributed by atoms with Crippen LogP contribution in [0.4, 0.5) is 5.69 Å². The predicted molar refractivity (Wildman–Crippen MR) is 85.6 cm³/mol. The van der Waals surface area contributed by atoms with Gasteiger partial charge in [0.15, 0.2) is 5.11 Å². The van der Waals surface area contributed by atoms with E-state index in [1.807, 2.05) is 50.4 Å². The molecule has 5 nitrogen and oxygen atoms in total. The number of para-hydroxylation sites is 1. The van der Waals surface area contributed by atoms with E-state index in [4.69, 9.17) is 12.2 Å². The number of nitrogens with one attached hydrogen (secondary N) is 1. The van der Waals surface area contributed by atoms with Crippen molar-refractivity contribution in [2.45, 2.75) is 6.92 Å². The normalized spacial score (nSPS) is 16.7. The van der Waals surface area contributed by atoms with Gasteiger partial charge in [-0.1, -0.05) is 18.2 Å². The Hall–Kier alpha value is -2.47.